The lowest BCUT2D eigenvalue weighted by atomic mass is 10.1. The second kappa shape index (κ2) is 5.02. The van der Waals surface area contributed by atoms with Gasteiger partial charge in [-0.1, -0.05) is 41.9 Å². The Morgan fingerprint density at radius 1 is 1.06 bits per heavy atom. The number of nitrogens with zero attached hydrogens (tertiary/aromatic N) is 2. The van der Waals surface area contributed by atoms with Gasteiger partial charge >= 0.3 is 0 Å². The molecule has 94 valence electrons. The minimum Gasteiger partial charge on any atom is -0.356 e. The molecule has 1 aliphatic heterocycles. The molecule has 0 amide bonds. The van der Waals surface area contributed by atoms with E-state index in [1.807, 2.05) is 30.3 Å². The van der Waals surface area contributed by atoms with Crippen LogP contribution in [-0.4, -0.2) is 23.1 Å². The number of nitrogens with one attached hydrogen (secondary N) is 1. The average Bonchev–Trinajstić information content (AvgIpc) is 2.83. The van der Waals surface area contributed by atoms with Crippen molar-refractivity contribution in [2.75, 3.05) is 18.0 Å². The first kappa shape index (κ1) is 11.6. The maximum absolute atomic E-state index is 6.24. The van der Waals surface area contributed by atoms with Gasteiger partial charge in [-0.05, 0) is 19.3 Å². The highest BCUT2D eigenvalue weighted by Gasteiger charge is 2.18. The molecule has 0 atom stereocenters. The minimum absolute atomic E-state index is 0.579. The topological polar surface area (TPSA) is 31.9 Å². The fourth-order valence-corrected chi connectivity index (χ4v) is 2.65. The summed E-state index contributed by atoms with van der Waals surface area (Å²) >= 11 is 6.24. The van der Waals surface area contributed by atoms with Gasteiger partial charge < -0.3 is 9.88 Å². The van der Waals surface area contributed by atoms with Crippen LogP contribution in [0.2, 0.25) is 5.15 Å². The summed E-state index contributed by atoms with van der Waals surface area (Å²) in [6.45, 7) is 2.13. The Hall–Kier alpha value is -1.48. The van der Waals surface area contributed by atoms with Crippen LogP contribution in [0, 0.1) is 0 Å². The molecule has 0 unspecified atom stereocenters. The van der Waals surface area contributed by atoms with Crippen molar-refractivity contribution in [3.05, 3.63) is 35.5 Å². The van der Waals surface area contributed by atoms with Gasteiger partial charge in [0, 0.05) is 18.7 Å². The molecule has 2 aromatic rings. The van der Waals surface area contributed by atoms with Crippen LogP contribution >= 0.6 is 11.6 Å². The van der Waals surface area contributed by atoms with E-state index in [4.69, 9.17) is 11.6 Å². The van der Waals surface area contributed by atoms with E-state index < -0.39 is 0 Å². The lowest BCUT2D eigenvalue weighted by Gasteiger charge is -2.27. The summed E-state index contributed by atoms with van der Waals surface area (Å²) in [4.78, 5) is 10.1. The van der Waals surface area contributed by atoms with Gasteiger partial charge in [-0.2, -0.15) is 0 Å². The van der Waals surface area contributed by atoms with E-state index in [2.05, 4.69) is 14.9 Å². The lowest BCUT2D eigenvalue weighted by molar-refractivity contribution is 0.574. The first-order chi connectivity index (χ1) is 8.84. The highest BCUT2D eigenvalue weighted by atomic mass is 35.5. The molecule has 2 heterocycles. The Balaban J connectivity index is 1.91. The molecule has 1 saturated heterocycles. The fraction of sp³-hybridized carbons (Fsp3) is 0.357. The smallest absolute Gasteiger partial charge is 0.171 e. The Bertz CT molecular complexity index is 515. The van der Waals surface area contributed by atoms with Crippen LogP contribution in [0.15, 0.2) is 30.3 Å². The normalized spacial score (nSPS) is 15.9. The predicted octanol–water partition coefficient (Wildman–Crippen LogP) is 3.72. The van der Waals surface area contributed by atoms with Crippen molar-refractivity contribution in [1.82, 2.24) is 9.97 Å². The Kier molecular flexibility index (Phi) is 3.24. The molecule has 3 nitrogen and oxygen atoms in total. The zero-order valence-electron chi connectivity index (χ0n) is 10.2. The average molecular weight is 262 g/mol. The second-order valence-electron chi connectivity index (χ2n) is 4.64. The predicted molar refractivity (Wildman–Crippen MR) is 75.1 cm³/mol. The Labute approximate surface area is 112 Å². The summed E-state index contributed by atoms with van der Waals surface area (Å²) in [7, 11) is 0. The van der Waals surface area contributed by atoms with Gasteiger partial charge in [0.2, 0.25) is 0 Å². The molecular formula is C14H16ClN3. The maximum atomic E-state index is 6.24. The van der Waals surface area contributed by atoms with Gasteiger partial charge in [0.15, 0.2) is 5.15 Å². The highest BCUT2D eigenvalue weighted by Crippen LogP contribution is 2.29. The standard InChI is InChI=1S/C14H16ClN3/c15-12-14(18-9-5-2-6-10-18)17-13(16-12)11-7-3-1-4-8-11/h1,3-4,7-8H,2,5-6,9-10H2,(H,16,17). The first-order valence-electron chi connectivity index (χ1n) is 6.40. The fourth-order valence-electron chi connectivity index (χ4n) is 2.40. The van der Waals surface area contributed by atoms with E-state index >= 15 is 0 Å². The van der Waals surface area contributed by atoms with Crippen molar-refractivity contribution in [2.45, 2.75) is 19.3 Å². The van der Waals surface area contributed by atoms with Crippen LogP contribution in [0.25, 0.3) is 11.4 Å². The van der Waals surface area contributed by atoms with Crippen molar-refractivity contribution >= 4 is 17.4 Å². The SMILES string of the molecule is Clc1nc(-c2ccccc2)[nH]c1N1CCCCC1. The molecule has 4 heteroatoms. The van der Waals surface area contributed by atoms with E-state index in [0.29, 0.717) is 5.15 Å². The number of benzene rings is 1. The quantitative estimate of drug-likeness (QED) is 0.894. The zero-order valence-corrected chi connectivity index (χ0v) is 11.0. The van der Waals surface area contributed by atoms with Crippen molar-refractivity contribution in [3.63, 3.8) is 0 Å². The van der Waals surface area contributed by atoms with E-state index in [1.165, 1.54) is 19.3 Å². The molecule has 1 aromatic carbocycles. The van der Waals surface area contributed by atoms with E-state index in [-0.39, 0.29) is 0 Å². The van der Waals surface area contributed by atoms with Gasteiger partial charge in [0.1, 0.15) is 11.6 Å². The van der Waals surface area contributed by atoms with E-state index in [9.17, 15) is 0 Å². The summed E-state index contributed by atoms with van der Waals surface area (Å²) < 4.78 is 0. The van der Waals surface area contributed by atoms with Gasteiger partial charge in [-0.15, -0.1) is 0 Å². The van der Waals surface area contributed by atoms with Crippen LogP contribution < -0.4 is 4.90 Å². The summed E-state index contributed by atoms with van der Waals surface area (Å²) in [5.41, 5.74) is 1.07. The molecule has 1 fully saturated rings. The molecule has 3 rings (SSSR count). The summed E-state index contributed by atoms with van der Waals surface area (Å²) in [6, 6.07) is 10.1. The molecule has 18 heavy (non-hydrogen) atoms. The number of anilines is 1. The minimum atomic E-state index is 0.579. The molecule has 0 radical (unpaired) electrons. The number of piperidine rings is 1. The van der Waals surface area contributed by atoms with Crippen molar-refractivity contribution in [2.24, 2.45) is 0 Å². The summed E-state index contributed by atoms with van der Waals surface area (Å²) in [6.07, 6.45) is 3.78. The zero-order chi connectivity index (χ0) is 12.4. The second-order valence-corrected chi connectivity index (χ2v) is 5.00. The number of imidazole rings is 1. The number of aromatic amines is 1. The van der Waals surface area contributed by atoms with Gasteiger partial charge in [0.05, 0.1) is 0 Å². The molecule has 0 aliphatic carbocycles. The third-order valence-corrected chi connectivity index (χ3v) is 3.63. The van der Waals surface area contributed by atoms with Crippen molar-refractivity contribution in [3.8, 4) is 11.4 Å². The van der Waals surface area contributed by atoms with Crippen LogP contribution in [0.5, 0.6) is 0 Å². The summed E-state index contributed by atoms with van der Waals surface area (Å²) in [5.74, 6) is 1.82. The first-order valence-corrected chi connectivity index (χ1v) is 6.78. The van der Waals surface area contributed by atoms with Crippen LogP contribution in [0.4, 0.5) is 5.82 Å². The van der Waals surface area contributed by atoms with Crippen molar-refractivity contribution < 1.29 is 0 Å². The number of hydrogen-bond donors (Lipinski definition) is 1. The molecule has 1 N–H and O–H groups in total. The van der Waals surface area contributed by atoms with Crippen LogP contribution in [0.3, 0.4) is 0 Å². The number of rotatable bonds is 2. The number of hydrogen-bond acceptors (Lipinski definition) is 2. The highest BCUT2D eigenvalue weighted by molar-refractivity contribution is 6.32. The molecule has 1 aromatic heterocycles. The maximum Gasteiger partial charge on any atom is 0.171 e. The number of H-pyrrole nitrogens is 1. The van der Waals surface area contributed by atoms with Gasteiger partial charge in [-0.3, -0.25) is 0 Å². The number of aromatic nitrogens is 2. The largest absolute Gasteiger partial charge is 0.356 e. The monoisotopic (exact) mass is 261 g/mol. The molecule has 0 saturated carbocycles. The van der Waals surface area contributed by atoms with Crippen molar-refractivity contribution in [1.29, 1.82) is 0 Å². The third kappa shape index (κ3) is 2.23. The molecule has 0 spiro atoms. The van der Waals surface area contributed by atoms with Gasteiger partial charge in [-0.25, -0.2) is 4.98 Å². The Morgan fingerprint density at radius 3 is 2.50 bits per heavy atom. The lowest BCUT2D eigenvalue weighted by Crippen LogP contribution is -2.29. The summed E-state index contributed by atoms with van der Waals surface area (Å²) in [5, 5.41) is 0.579. The van der Waals surface area contributed by atoms with Gasteiger partial charge in [0.25, 0.3) is 0 Å². The number of halogens is 1. The molecule has 1 aliphatic rings. The Morgan fingerprint density at radius 2 is 1.78 bits per heavy atom. The van der Waals surface area contributed by atoms with Crippen LogP contribution in [0.1, 0.15) is 19.3 Å². The third-order valence-electron chi connectivity index (χ3n) is 3.36. The van der Waals surface area contributed by atoms with E-state index in [1.54, 1.807) is 0 Å². The molecule has 0 bridgehead atoms. The van der Waals surface area contributed by atoms with Crippen LogP contribution in [-0.2, 0) is 0 Å². The van der Waals surface area contributed by atoms with E-state index in [0.717, 1.165) is 30.3 Å². The molecular weight excluding hydrogens is 246 g/mol.